The highest BCUT2D eigenvalue weighted by Gasteiger charge is 2.30. The average molecular weight is 296 g/mol. The van der Waals surface area contributed by atoms with E-state index in [0.29, 0.717) is 16.9 Å². The molecule has 0 aliphatic rings. The van der Waals surface area contributed by atoms with Crippen molar-refractivity contribution in [1.82, 2.24) is 0 Å². The molecule has 1 unspecified atom stereocenters. The molecule has 1 N–H and O–H groups in total. The van der Waals surface area contributed by atoms with Crippen molar-refractivity contribution >= 4 is 0 Å². The van der Waals surface area contributed by atoms with E-state index in [0.717, 1.165) is 12.1 Å². The molecule has 21 heavy (non-hydrogen) atoms. The summed E-state index contributed by atoms with van der Waals surface area (Å²) in [6, 6.07) is 11.8. The number of benzene rings is 2. The van der Waals surface area contributed by atoms with Crippen molar-refractivity contribution in [2.24, 2.45) is 0 Å². The number of aliphatic hydroxyl groups excluding tert-OH is 1. The first kappa shape index (κ1) is 15.4. The minimum absolute atomic E-state index is 0.121. The van der Waals surface area contributed by atoms with Crippen molar-refractivity contribution in [2.45, 2.75) is 18.7 Å². The third-order valence-corrected chi connectivity index (χ3v) is 3.18. The number of hydrogen-bond acceptors (Lipinski definition) is 2. The fourth-order valence-corrected chi connectivity index (χ4v) is 2.04. The van der Waals surface area contributed by atoms with Crippen LogP contribution in [-0.4, -0.2) is 12.2 Å². The van der Waals surface area contributed by atoms with Crippen molar-refractivity contribution in [3.63, 3.8) is 0 Å². The van der Waals surface area contributed by atoms with Gasteiger partial charge in [0.2, 0.25) is 0 Å². The molecule has 0 bridgehead atoms. The van der Waals surface area contributed by atoms with Crippen LogP contribution in [-0.2, 0) is 12.6 Å². The van der Waals surface area contributed by atoms with Gasteiger partial charge in [0.15, 0.2) is 0 Å². The van der Waals surface area contributed by atoms with Gasteiger partial charge < -0.3 is 9.84 Å². The Hall–Kier alpha value is -2.01. The molecule has 0 saturated carbocycles. The second-order valence-corrected chi connectivity index (χ2v) is 4.69. The van der Waals surface area contributed by atoms with E-state index < -0.39 is 17.8 Å². The lowest BCUT2D eigenvalue weighted by Gasteiger charge is -2.13. The fourth-order valence-electron chi connectivity index (χ4n) is 2.04. The zero-order valence-corrected chi connectivity index (χ0v) is 11.4. The molecule has 0 aliphatic carbocycles. The molecular formula is C16H15F3O2. The summed E-state index contributed by atoms with van der Waals surface area (Å²) >= 11 is 0. The van der Waals surface area contributed by atoms with Gasteiger partial charge in [-0.3, -0.25) is 0 Å². The first-order valence-corrected chi connectivity index (χ1v) is 6.38. The summed E-state index contributed by atoms with van der Waals surface area (Å²) in [5, 5.41) is 10.1. The van der Waals surface area contributed by atoms with Gasteiger partial charge in [-0.25, -0.2) is 0 Å². The van der Waals surface area contributed by atoms with Crippen LogP contribution >= 0.6 is 0 Å². The third-order valence-electron chi connectivity index (χ3n) is 3.18. The van der Waals surface area contributed by atoms with E-state index in [-0.39, 0.29) is 6.42 Å². The van der Waals surface area contributed by atoms with Gasteiger partial charge >= 0.3 is 6.18 Å². The maximum atomic E-state index is 12.6. The summed E-state index contributed by atoms with van der Waals surface area (Å²) in [7, 11) is 1.54. The minimum atomic E-state index is -4.37. The van der Waals surface area contributed by atoms with Gasteiger partial charge in [0, 0.05) is 6.42 Å². The SMILES string of the molecule is COc1ccc(C(O)Cc2cccc(C(F)(F)F)c2)cc1. The summed E-state index contributed by atoms with van der Waals surface area (Å²) in [5.74, 6) is 0.657. The summed E-state index contributed by atoms with van der Waals surface area (Å²) in [6.45, 7) is 0. The molecule has 0 aromatic heterocycles. The molecule has 0 aliphatic heterocycles. The standard InChI is InChI=1S/C16H15F3O2/c1-21-14-7-5-12(6-8-14)15(20)10-11-3-2-4-13(9-11)16(17,18)19/h2-9,15,20H,10H2,1H3. The second kappa shape index (κ2) is 6.18. The van der Waals surface area contributed by atoms with Crippen LogP contribution in [0.25, 0.3) is 0 Å². The lowest BCUT2D eigenvalue weighted by molar-refractivity contribution is -0.137. The van der Waals surface area contributed by atoms with Gasteiger partial charge in [-0.2, -0.15) is 13.2 Å². The topological polar surface area (TPSA) is 29.5 Å². The van der Waals surface area contributed by atoms with Crippen molar-refractivity contribution < 1.29 is 23.0 Å². The average Bonchev–Trinajstić information content (AvgIpc) is 2.47. The number of rotatable bonds is 4. The number of aliphatic hydroxyl groups is 1. The van der Waals surface area contributed by atoms with Crippen LogP contribution in [0.1, 0.15) is 22.8 Å². The van der Waals surface area contributed by atoms with Crippen molar-refractivity contribution in [2.75, 3.05) is 7.11 Å². The highest BCUT2D eigenvalue weighted by Crippen LogP contribution is 2.30. The number of alkyl halides is 3. The van der Waals surface area contributed by atoms with E-state index in [1.165, 1.54) is 13.2 Å². The van der Waals surface area contributed by atoms with Crippen LogP contribution in [0.5, 0.6) is 5.75 Å². The van der Waals surface area contributed by atoms with Crippen LogP contribution in [0, 0.1) is 0 Å². The molecule has 2 nitrogen and oxygen atoms in total. The molecular weight excluding hydrogens is 281 g/mol. The van der Waals surface area contributed by atoms with Crippen molar-refractivity contribution in [3.8, 4) is 5.75 Å². The molecule has 2 aromatic rings. The molecule has 0 spiro atoms. The summed E-state index contributed by atoms with van der Waals surface area (Å²) < 4.78 is 42.9. The van der Waals surface area contributed by atoms with Crippen molar-refractivity contribution in [3.05, 3.63) is 65.2 Å². The lowest BCUT2D eigenvalue weighted by Crippen LogP contribution is -2.07. The number of halogens is 3. The van der Waals surface area contributed by atoms with Crippen LogP contribution < -0.4 is 4.74 Å². The molecule has 0 fully saturated rings. The largest absolute Gasteiger partial charge is 0.497 e. The van der Waals surface area contributed by atoms with E-state index in [9.17, 15) is 18.3 Å². The van der Waals surface area contributed by atoms with Crippen LogP contribution in [0.4, 0.5) is 13.2 Å². The molecule has 1 atom stereocenters. The van der Waals surface area contributed by atoms with Gasteiger partial charge in [0.05, 0.1) is 18.8 Å². The monoisotopic (exact) mass is 296 g/mol. The first-order chi connectivity index (χ1) is 9.90. The summed E-state index contributed by atoms with van der Waals surface area (Å²) in [5.41, 5.74) is 0.364. The minimum Gasteiger partial charge on any atom is -0.497 e. The predicted molar refractivity (Wildman–Crippen MR) is 73.1 cm³/mol. The van der Waals surface area contributed by atoms with Crippen LogP contribution in [0.3, 0.4) is 0 Å². The second-order valence-electron chi connectivity index (χ2n) is 4.69. The van der Waals surface area contributed by atoms with Gasteiger partial charge in [-0.05, 0) is 29.3 Å². The number of ether oxygens (including phenoxy) is 1. The Morgan fingerprint density at radius 2 is 1.76 bits per heavy atom. The molecule has 2 rings (SSSR count). The number of methoxy groups -OCH3 is 1. The molecule has 0 saturated heterocycles. The Kier molecular flexibility index (Phi) is 4.53. The molecule has 2 aromatic carbocycles. The van der Waals surface area contributed by atoms with Gasteiger partial charge in [-0.1, -0.05) is 30.3 Å². The molecule has 5 heteroatoms. The van der Waals surface area contributed by atoms with E-state index in [4.69, 9.17) is 4.74 Å². The van der Waals surface area contributed by atoms with Gasteiger partial charge in [-0.15, -0.1) is 0 Å². The molecule has 0 radical (unpaired) electrons. The maximum Gasteiger partial charge on any atom is 0.416 e. The Morgan fingerprint density at radius 3 is 2.33 bits per heavy atom. The maximum absolute atomic E-state index is 12.6. The Morgan fingerprint density at radius 1 is 1.10 bits per heavy atom. The highest BCUT2D eigenvalue weighted by molar-refractivity contribution is 5.31. The number of hydrogen-bond donors (Lipinski definition) is 1. The lowest BCUT2D eigenvalue weighted by atomic mass is 10.00. The molecule has 0 heterocycles. The quantitative estimate of drug-likeness (QED) is 0.924. The normalized spacial score (nSPS) is 13.0. The zero-order valence-electron chi connectivity index (χ0n) is 11.4. The van der Waals surface area contributed by atoms with Crippen LogP contribution in [0.15, 0.2) is 48.5 Å². The Bertz CT molecular complexity index is 591. The Balaban J connectivity index is 2.13. The smallest absolute Gasteiger partial charge is 0.416 e. The first-order valence-electron chi connectivity index (χ1n) is 6.38. The van der Waals surface area contributed by atoms with E-state index in [2.05, 4.69) is 0 Å². The van der Waals surface area contributed by atoms with Gasteiger partial charge in [0.25, 0.3) is 0 Å². The Labute approximate surface area is 120 Å². The van der Waals surface area contributed by atoms with Crippen molar-refractivity contribution in [1.29, 1.82) is 0 Å². The predicted octanol–water partition coefficient (Wildman–Crippen LogP) is 3.99. The van der Waals surface area contributed by atoms with E-state index in [1.54, 1.807) is 30.3 Å². The fraction of sp³-hybridized carbons (Fsp3) is 0.250. The van der Waals surface area contributed by atoms with E-state index in [1.807, 2.05) is 0 Å². The van der Waals surface area contributed by atoms with Crippen LogP contribution in [0.2, 0.25) is 0 Å². The zero-order chi connectivity index (χ0) is 15.5. The summed E-state index contributed by atoms with van der Waals surface area (Å²) in [6.07, 6.45) is -5.11. The summed E-state index contributed by atoms with van der Waals surface area (Å²) in [4.78, 5) is 0. The molecule has 112 valence electrons. The van der Waals surface area contributed by atoms with E-state index >= 15 is 0 Å². The highest BCUT2D eigenvalue weighted by atomic mass is 19.4. The third kappa shape index (κ3) is 3.98. The van der Waals surface area contributed by atoms with Gasteiger partial charge in [0.1, 0.15) is 5.75 Å². The molecule has 0 amide bonds.